The highest BCUT2D eigenvalue weighted by atomic mass is 16.3. The normalized spacial score (nSPS) is 52.0. The maximum Gasteiger partial charge on any atom is 0.155 e. The number of ketones is 1. The van der Waals surface area contributed by atoms with E-state index in [0.29, 0.717) is 36.5 Å². The first-order valence-electron chi connectivity index (χ1n) is 9.02. The van der Waals surface area contributed by atoms with Gasteiger partial charge in [-0.25, -0.2) is 0 Å². The van der Waals surface area contributed by atoms with E-state index >= 15 is 0 Å². The van der Waals surface area contributed by atoms with Crippen molar-refractivity contribution in [3.63, 3.8) is 0 Å². The lowest BCUT2D eigenvalue weighted by molar-refractivity contribution is -0.118. The van der Waals surface area contributed by atoms with Crippen LogP contribution < -0.4 is 0 Å². The zero-order chi connectivity index (χ0) is 16.4. The molecular formula is C20H26O3. The van der Waals surface area contributed by atoms with Crippen molar-refractivity contribution in [3.8, 4) is 12.3 Å². The third-order valence-corrected chi connectivity index (χ3v) is 7.74. The number of terminal acetylenes is 1. The summed E-state index contributed by atoms with van der Waals surface area (Å²) in [6.07, 6.45) is 12.7. The number of aliphatic hydroxyl groups excluding tert-OH is 1. The Hall–Kier alpha value is -1.11. The molecule has 23 heavy (non-hydrogen) atoms. The molecule has 0 radical (unpaired) electrons. The minimum atomic E-state index is -0.994. The van der Waals surface area contributed by atoms with Gasteiger partial charge in [-0.15, -0.1) is 6.42 Å². The van der Waals surface area contributed by atoms with Gasteiger partial charge in [0.25, 0.3) is 0 Å². The van der Waals surface area contributed by atoms with Gasteiger partial charge < -0.3 is 10.2 Å². The van der Waals surface area contributed by atoms with Crippen LogP contribution in [0.25, 0.3) is 0 Å². The Morgan fingerprint density at radius 1 is 1.26 bits per heavy atom. The predicted octanol–water partition coefficient (Wildman–Crippen LogP) is 2.46. The average Bonchev–Trinajstić information content (AvgIpc) is 2.80. The molecule has 0 aromatic rings. The molecule has 0 bridgehead atoms. The van der Waals surface area contributed by atoms with Crippen LogP contribution >= 0.6 is 0 Å². The van der Waals surface area contributed by atoms with E-state index in [4.69, 9.17) is 6.42 Å². The molecule has 4 aliphatic carbocycles. The topological polar surface area (TPSA) is 57.5 Å². The van der Waals surface area contributed by atoms with Gasteiger partial charge >= 0.3 is 0 Å². The molecule has 124 valence electrons. The maximum atomic E-state index is 11.7. The Balaban J connectivity index is 1.69. The maximum absolute atomic E-state index is 11.7. The number of fused-ring (bicyclic) bond motifs is 5. The second kappa shape index (κ2) is 4.94. The van der Waals surface area contributed by atoms with Gasteiger partial charge in [0, 0.05) is 11.8 Å². The monoisotopic (exact) mass is 314 g/mol. The second-order valence-electron chi connectivity index (χ2n) is 8.44. The fourth-order valence-corrected chi connectivity index (χ4v) is 6.44. The van der Waals surface area contributed by atoms with E-state index in [0.717, 1.165) is 37.7 Å². The van der Waals surface area contributed by atoms with Crippen molar-refractivity contribution in [1.82, 2.24) is 0 Å². The molecule has 4 rings (SSSR count). The first kappa shape index (κ1) is 15.4. The van der Waals surface area contributed by atoms with Crippen molar-refractivity contribution in [2.45, 2.75) is 63.6 Å². The molecule has 3 nitrogen and oxygen atoms in total. The van der Waals surface area contributed by atoms with E-state index in [2.05, 4.69) is 12.8 Å². The van der Waals surface area contributed by atoms with Crippen molar-refractivity contribution >= 4 is 5.78 Å². The lowest BCUT2D eigenvalue weighted by Crippen LogP contribution is -2.53. The summed E-state index contributed by atoms with van der Waals surface area (Å²) in [6, 6.07) is 0. The molecule has 0 saturated heterocycles. The molecule has 0 unspecified atom stereocenters. The molecule has 0 spiro atoms. The van der Waals surface area contributed by atoms with Gasteiger partial charge in [0.1, 0.15) is 5.60 Å². The van der Waals surface area contributed by atoms with Crippen LogP contribution in [0.5, 0.6) is 0 Å². The summed E-state index contributed by atoms with van der Waals surface area (Å²) in [4.78, 5) is 11.7. The summed E-state index contributed by atoms with van der Waals surface area (Å²) in [6.45, 7) is 2.16. The van der Waals surface area contributed by atoms with Gasteiger partial charge in [0.2, 0.25) is 0 Å². The molecule has 0 amide bonds. The van der Waals surface area contributed by atoms with Gasteiger partial charge in [0.05, 0.1) is 6.10 Å². The van der Waals surface area contributed by atoms with E-state index in [1.807, 2.05) is 0 Å². The summed E-state index contributed by atoms with van der Waals surface area (Å²) in [5.41, 5.74) is -0.239. The van der Waals surface area contributed by atoms with Crippen LogP contribution in [0, 0.1) is 41.4 Å². The molecule has 0 aliphatic heterocycles. The summed E-state index contributed by atoms with van der Waals surface area (Å²) in [5, 5.41) is 21.6. The Labute approximate surface area is 138 Å². The Kier molecular flexibility index (Phi) is 3.31. The number of aliphatic hydroxyl groups is 2. The Bertz CT molecular complexity index is 615. The van der Waals surface area contributed by atoms with E-state index in [1.54, 1.807) is 6.08 Å². The van der Waals surface area contributed by atoms with E-state index < -0.39 is 11.7 Å². The van der Waals surface area contributed by atoms with Crippen LogP contribution in [0.1, 0.15) is 51.9 Å². The SMILES string of the molecule is C#C[C@]1(O)CC[C@H]2[C@@H]3C[C@@H](O)C4=CC(=O)CC[C@@H]4[C@H]3CC[C@@]21C. The zero-order valence-corrected chi connectivity index (χ0v) is 13.8. The van der Waals surface area contributed by atoms with Crippen molar-refractivity contribution in [1.29, 1.82) is 0 Å². The molecule has 0 heterocycles. The zero-order valence-electron chi connectivity index (χ0n) is 13.8. The summed E-state index contributed by atoms with van der Waals surface area (Å²) >= 11 is 0. The molecular weight excluding hydrogens is 288 g/mol. The van der Waals surface area contributed by atoms with Crippen molar-refractivity contribution in [2.75, 3.05) is 0 Å². The fraction of sp³-hybridized carbons (Fsp3) is 0.750. The summed E-state index contributed by atoms with van der Waals surface area (Å²) in [7, 11) is 0. The summed E-state index contributed by atoms with van der Waals surface area (Å²) in [5.74, 6) is 4.54. The number of carbonyl (C=O) groups excluding carboxylic acids is 1. The highest BCUT2D eigenvalue weighted by Gasteiger charge is 2.62. The van der Waals surface area contributed by atoms with Gasteiger partial charge in [-0.05, 0) is 73.8 Å². The summed E-state index contributed by atoms with van der Waals surface area (Å²) < 4.78 is 0. The van der Waals surface area contributed by atoms with Crippen LogP contribution in [-0.4, -0.2) is 27.7 Å². The Morgan fingerprint density at radius 3 is 2.78 bits per heavy atom. The Morgan fingerprint density at radius 2 is 2.04 bits per heavy atom. The third-order valence-electron chi connectivity index (χ3n) is 7.74. The van der Waals surface area contributed by atoms with Crippen molar-refractivity contribution < 1.29 is 15.0 Å². The van der Waals surface area contributed by atoms with Gasteiger partial charge in [-0.1, -0.05) is 12.8 Å². The van der Waals surface area contributed by atoms with E-state index in [9.17, 15) is 15.0 Å². The largest absolute Gasteiger partial charge is 0.389 e. The first-order chi connectivity index (χ1) is 10.9. The smallest absolute Gasteiger partial charge is 0.155 e. The van der Waals surface area contributed by atoms with Crippen LogP contribution in [-0.2, 0) is 4.79 Å². The van der Waals surface area contributed by atoms with Crippen LogP contribution in [0.3, 0.4) is 0 Å². The molecule has 4 aliphatic rings. The van der Waals surface area contributed by atoms with E-state index in [-0.39, 0.29) is 11.2 Å². The molecule has 3 saturated carbocycles. The molecule has 7 atom stereocenters. The minimum absolute atomic E-state index is 0.164. The highest BCUT2D eigenvalue weighted by Crippen LogP contribution is 2.64. The van der Waals surface area contributed by atoms with Gasteiger partial charge in [-0.2, -0.15) is 0 Å². The average molecular weight is 314 g/mol. The fourth-order valence-electron chi connectivity index (χ4n) is 6.44. The second-order valence-corrected chi connectivity index (χ2v) is 8.44. The molecule has 3 fully saturated rings. The van der Waals surface area contributed by atoms with Crippen LogP contribution in [0.4, 0.5) is 0 Å². The molecule has 0 aromatic heterocycles. The van der Waals surface area contributed by atoms with Crippen molar-refractivity contribution in [3.05, 3.63) is 11.6 Å². The number of rotatable bonds is 0. The van der Waals surface area contributed by atoms with Gasteiger partial charge in [-0.3, -0.25) is 4.79 Å². The van der Waals surface area contributed by atoms with Crippen LogP contribution in [0.2, 0.25) is 0 Å². The van der Waals surface area contributed by atoms with Crippen LogP contribution in [0.15, 0.2) is 11.6 Å². The number of hydrogen-bond donors (Lipinski definition) is 2. The standard InChI is InChI=1S/C20H26O3/c1-3-20(23)9-7-17-15-11-18(22)16-10-12(21)4-5-13(16)14(15)6-8-19(17,20)2/h1,10,13-15,17-18,22-23H,4-9,11H2,2H3/t13-,14-,15-,17+,18-,19+,20+/m1/s1. The lowest BCUT2D eigenvalue weighted by Gasteiger charge is -2.55. The van der Waals surface area contributed by atoms with E-state index in [1.165, 1.54) is 0 Å². The highest BCUT2D eigenvalue weighted by molar-refractivity contribution is 5.91. The first-order valence-corrected chi connectivity index (χ1v) is 9.02. The van der Waals surface area contributed by atoms with Gasteiger partial charge in [0.15, 0.2) is 5.78 Å². The van der Waals surface area contributed by atoms with Crippen molar-refractivity contribution in [2.24, 2.45) is 29.1 Å². The third kappa shape index (κ3) is 1.95. The lowest BCUT2D eigenvalue weighted by atomic mass is 9.50. The molecule has 3 heteroatoms. The quantitative estimate of drug-likeness (QED) is 0.675. The molecule has 0 aromatic carbocycles. The minimum Gasteiger partial charge on any atom is -0.389 e. The predicted molar refractivity (Wildman–Crippen MR) is 87.3 cm³/mol. The number of carbonyl (C=O) groups is 1. The number of hydrogen-bond acceptors (Lipinski definition) is 3. The molecule has 2 N–H and O–H groups in total.